The normalized spacial score (nSPS) is 26.4. The first-order chi connectivity index (χ1) is 10.1. The van der Waals surface area contributed by atoms with Crippen LogP contribution in [0.4, 0.5) is 0 Å². The van der Waals surface area contributed by atoms with Gasteiger partial charge in [-0.15, -0.1) is 0 Å². The Morgan fingerprint density at radius 3 is 2.19 bits per heavy atom. The molecule has 3 rings (SSSR count). The van der Waals surface area contributed by atoms with Crippen molar-refractivity contribution < 1.29 is 9.59 Å². The fourth-order valence-electron chi connectivity index (χ4n) is 3.75. The monoisotopic (exact) mass is 292 g/mol. The summed E-state index contributed by atoms with van der Waals surface area (Å²) in [5.41, 5.74) is -0.696. The van der Waals surface area contributed by atoms with E-state index in [1.807, 2.05) is 4.90 Å². The molecule has 2 saturated carbocycles. The molecule has 1 heterocycles. The molecule has 0 atom stereocenters. The highest BCUT2D eigenvalue weighted by atomic mass is 16.2. The first-order valence-corrected chi connectivity index (χ1v) is 8.72. The third-order valence-electron chi connectivity index (χ3n) is 5.61. The zero-order chi connectivity index (χ0) is 14.9. The van der Waals surface area contributed by atoms with E-state index in [1.54, 1.807) is 0 Å². The average molecular weight is 292 g/mol. The first kappa shape index (κ1) is 14.9. The van der Waals surface area contributed by atoms with E-state index in [1.165, 1.54) is 19.3 Å². The Morgan fingerprint density at radius 2 is 1.62 bits per heavy atom. The quantitative estimate of drug-likeness (QED) is 0.812. The summed E-state index contributed by atoms with van der Waals surface area (Å²) in [6.45, 7) is 3.90. The Labute approximate surface area is 127 Å². The maximum absolute atomic E-state index is 12.7. The number of amides is 2. The van der Waals surface area contributed by atoms with Crippen LogP contribution in [0.3, 0.4) is 0 Å². The molecule has 0 spiro atoms. The number of likely N-dealkylation sites (tertiary alicyclic amines) is 1. The van der Waals surface area contributed by atoms with Gasteiger partial charge in [0.2, 0.25) is 11.8 Å². The van der Waals surface area contributed by atoms with E-state index in [4.69, 9.17) is 0 Å². The summed E-state index contributed by atoms with van der Waals surface area (Å²) in [5.74, 6) is 0.820. The smallest absolute Gasteiger partial charge is 0.238 e. The van der Waals surface area contributed by atoms with Crippen LogP contribution >= 0.6 is 0 Å². The SMILES string of the molecule is CC1CCN(C(=O)C2(C(=O)NC3CCCCC3)CC2)CC1. The van der Waals surface area contributed by atoms with Crippen molar-refractivity contribution in [1.82, 2.24) is 10.2 Å². The number of hydrogen-bond donors (Lipinski definition) is 1. The minimum atomic E-state index is -0.696. The summed E-state index contributed by atoms with van der Waals surface area (Å²) in [4.78, 5) is 27.3. The lowest BCUT2D eigenvalue weighted by molar-refractivity contribution is -0.145. The molecule has 0 unspecified atom stereocenters. The average Bonchev–Trinajstić information content (AvgIpc) is 3.30. The number of hydrogen-bond acceptors (Lipinski definition) is 2. The fraction of sp³-hybridized carbons (Fsp3) is 0.882. The van der Waals surface area contributed by atoms with E-state index in [0.29, 0.717) is 12.0 Å². The molecule has 0 radical (unpaired) electrons. The van der Waals surface area contributed by atoms with Crippen molar-refractivity contribution >= 4 is 11.8 Å². The van der Waals surface area contributed by atoms with E-state index in [2.05, 4.69) is 12.2 Å². The minimum Gasteiger partial charge on any atom is -0.352 e. The summed E-state index contributed by atoms with van der Waals surface area (Å²) < 4.78 is 0. The molecule has 21 heavy (non-hydrogen) atoms. The zero-order valence-electron chi connectivity index (χ0n) is 13.2. The van der Waals surface area contributed by atoms with Gasteiger partial charge in [-0.05, 0) is 44.4 Å². The van der Waals surface area contributed by atoms with Crippen LogP contribution in [-0.2, 0) is 9.59 Å². The zero-order valence-corrected chi connectivity index (χ0v) is 13.2. The van der Waals surface area contributed by atoms with Gasteiger partial charge >= 0.3 is 0 Å². The molecule has 4 nitrogen and oxygen atoms in total. The molecule has 4 heteroatoms. The Morgan fingerprint density at radius 1 is 1.00 bits per heavy atom. The molecule has 1 saturated heterocycles. The van der Waals surface area contributed by atoms with Gasteiger partial charge in [0, 0.05) is 19.1 Å². The molecule has 1 N–H and O–H groups in total. The standard InChI is InChI=1S/C17H28N2O2/c1-13-7-11-19(12-8-13)16(21)17(9-10-17)15(20)18-14-5-3-2-4-6-14/h13-14H,2-12H2,1H3,(H,18,20). The van der Waals surface area contributed by atoms with Gasteiger partial charge in [-0.3, -0.25) is 9.59 Å². The predicted molar refractivity (Wildman–Crippen MR) is 81.7 cm³/mol. The van der Waals surface area contributed by atoms with Gasteiger partial charge in [-0.2, -0.15) is 0 Å². The summed E-state index contributed by atoms with van der Waals surface area (Å²) in [6.07, 6.45) is 9.49. The van der Waals surface area contributed by atoms with Crippen LogP contribution in [-0.4, -0.2) is 35.8 Å². The first-order valence-electron chi connectivity index (χ1n) is 8.72. The van der Waals surface area contributed by atoms with Gasteiger partial charge < -0.3 is 10.2 Å². The summed E-state index contributed by atoms with van der Waals surface area (Å²) in [7, 11) is 0. The van der Waals surface area contributed by atoms with E-state index >= 15 is 0 Å². The Bertz CT molecular complexity index is 403. The van der Waals surface area contributed by atoms with Gasteiger partial charge in [0.05, 0.1) is 0 Å². The van der Waals surface area contributed by atoms with Gasteiger partial charge in [-0.25, -0.2) is 0 Å². The van der Waals surface area contributed by atoms with Crippen molar-refractivity contribution in [2.24, 2.45) is 11.3 Å². The largest absolute Gasteiger partial charge is 0.352 e. The highest BCUT2D eigenvalue weighted by Gasteiger charge is 2.58. The molecule has 118 valence electrons. The summed E-state index contributed by atoms with van der Waals surface area (Å²) in [5, 5.41) is 3.16. The second-order valence-electron chi connectivity index (χ2n) is 7.37. The van der Waals surface area contributed by atoms with Crippen LogP contribution < -0.4 is 5.32 Å². The van der Waals surface area contributed by atoms with Gasteiger partial charge in [0.25, 0.3) is 0 Å². The number of nitrogens with zero attached hydrogens (tertiary/aromatic N) is 1. The molecule has 3 aliphatic rings. The van der Waals surface area contributed by atoms with Crippen molar-refractivity contribution in [3.05, 3.63) is 0 Å². The number of carbonyl (C=O) groups excluding carboxylic acids is 2. The summed E-state index contributed by atoms with van der Waals surface area (Å²) in [6, 6.07) is 0.304. The highest BCUT2D eigenvalue weighted by molar-refractivity contribution is 6.08. The molecular formula is C17H28N2O2. The number of nitrogens with one attached hydrogen (secondary N) is 1. The molecule has 2 aliphatic carbocycles. The van der Waals surface area contributed by atoms with Crippen LogP contribution in [0.1, 0.15) is 64.7 Å². The van der Waals surface area contributed by atoms with Crippen LogP contribution in [0.25, 0.3) is 0 Å². The predicted octanol–water partition coefficient (Wildman–Crippen LogP) is 2.47. The van der Waals surface area contributed by atoms with Gasteiger partial charge in [0.1, 0.15) is 5.41 Å². The Balaban J connectivity index is 1.58. The lowest BCUT2D eigenvalue weighted by Crippen LogP contribution is -2.50. The molecule has 3 fully saturated rings. The minimum absolute atomic E-state index is 0.0121. The third-order valence-corrected chi connectivity index (χ3v) is 5.61. The van der Waals surface area contributed by atoms with E-state index in [0.717, 1.165) is 51.6 Å². The number of carbonyl (C=O) groups is 2. The van der Waals surface area contributed by atoms with E-state index < -0.39 is 5.41 Å². The third kappa shape index (κ3) is 3.09. The van der Waals surface area contributed by atoms with Crippen molar-refractivity contribution in [2.45, 2.75) is 70.8 Å². The van der Waals surface area contributed by atoms with Gasteiger partial charge in [0.15, 0.2) is 0 Å². The number of piperidine rings is 1. The lowest BCUT2D eigenvalue weighted by atomic mass is 9.93. The Kier molecular flexibility index (Phi) is 4.23. The van der Waals surface area contributed by atoms with E-state index in [-0.39, 0.29) is 11.8 Å². The van der Waals surface area contributed by atoms with Crippen molar-refractivity contribution in [3.63, 3.8) is 0 Å². The van der Waals surface area contributed by atoms with Crippen LogP contribution in [0.15, 0.2) is 0 Å². The molecule has 2 amide bonds. The van der Waals surface area contributed by atoms with Crippen LogP contribution in [0.5, 0.6) is 0 Å². The second-order valence-corrected chi connectivity index (χ2v) is 7.37. The van der Waals surface area contributed by atoms with E-state index in [9.17, 15) is 9.59 Å². The van der Waals surface area contributed by atoms with Crippen molar-refractivity contribution in [3.8, 4) is 0 Å². The molecule has 1 aliphatic heterocycles. The maximum atomic E-state index is 12.7. The second kappa shape index (κ2) is 5.98. The topological polar surface area (TPSA) is 49.4 Å². The van der Waals surface area contributed by atoms with Crippen LogP contribution in [0.2, 0.25) is 0 Å². The Hall–Kier alpha value is -1.06. The van der Waals surface area contributed by atoms with Gasteiger partial charge in [-0.1, -0.05) is 26.2 Å². The number of rotatable bonds is 3. The molecule has 0 aromatic rings. The summed E-state index contributed by atoms with van der Waals surface area (Å²) >= 11 is 0. The van der Waals surface area contributed by atoms with Crippen molar-refractivity contribution in [2.75, 3.05) is 13.1 Å². The van der Waals surface area contributed by atoms with Crippen LogP contribution in [0, 0.1) is 11.3 Å². The maximum Gasteiger partial charge on any atom is 0.238 e. The molecule has 0 aromatic heterocycles. The van der Waals surface area contributed by atoms with Crippen molar-refractivity contribution in [1.29, 1.82) is 0 Å². The molecular weight excluding hydrogens is 264 g/mol. The molecule has 0 aromatic carbocycles. The highest BCUT2D eigenvalue weighted by Crippen LogP contribution is 2.48. The fourth-order valence-corrected chi connectivity index (χ4v) is 3.75. The molecule has 0 bridgehead atoms. The lowest BCUT2D eigenvalue weighted by Gasteiger charge is -2.33.